The van der Waals surface area contributed by atoms with E-state index in [1.54, 1.807) is 42.7 Å². The fourth-order valence-electron chi connectivity index (χ4n) is 4.08. The summed E-state index contributed by atoms with van der Waals surface area (Å²) in [7, 11) is 0. The number of aryl methyl sites for hydroxylation is 2. The van der Waals surface area contributed by atoms with Crippen molar-refractivity contribution in [1.29, 1.82) is 0 Å². The van der Waals surface area contributed by atoms with Crippen LogP contribution in [-0.4, -0.2) is 20.0 Å². The monoisotopic (exact) mass is 483 g/mol. The Labute approximate surface area is 199 Å². The Morgan fingerprint density at radius 3 is 2.34 bits per heavy atom. The highest BCUT2D eigenvalue weighted by Gasteiger charge is 2.30. The summed E-state index contributed by atoms with van der Waals surface area (Å²) in [4.78, 5) is 31.1. The number of aromatic nitrogens is 3. The Balaban J connectivity index is 1.73. The smallest absolute Gasteiger partial charge is 0.397 e. The number of hydrogen-bond donors (Lipinski definition) is 2. The third-order valence-electron chi connectivity index (χ3n) is 6.00. The number of fused-ring (bicyclic) bond motifs is 1. The molecule has 3 N–H and O–H groups in total. The van der Waals surface area contributed by atoms with Crippen LogP contribution in [-0.2, 0) is 23.9 Å². The second-order valence-corrected chi connectivity index (χ2v) is 8.20. The van der Waals surface area contributed by atoms with Crippen LogP contribution in [0.2, 0.25) is 0 Å². The number of rotatable bonds is 5. The fourth-order valence-corrected chi connectivity index (χ4v) is 4.08. The van der Waals surface area contributed by atoms with Gasteiger partial charge in [0.25, 0.3) is 5.56 Å². The molecule has 2 aromatic carbocycles. The maximum atomic E-state index is 13.6. The molecule has 0 aliphatic rings. The van der Waals surface area contributed by atoms with Gasteiger partial charge in [0.15, 0.2) is 0 Å². The number of anilines is 2. The van der Waals surface area contributed by atoms with Crippen LogP contribution in [0.4, 0.5) is 24.5 Å². The van der Waals surface area contributed by atoms with Gasteiger partial charge in [-0.15, -0.1) is 0 Å². The van der Waals surface area contributed by atoms with E-state index in [-0.39, 0.29) is 17.8 Å². The van der Waals surface area contributed by atoms with Crippen LogP contribution in [0.5, 0.6) is 0 Å². The molecule has 10 heteroatoms. The topological polar surface area (TPSA) is 94.9 Å². The molecule has 4 rings (SSSR count). The standard InChI is InChI=1S/C25H24F3N5O2/c1-4-20-31-23-22(24(35)33(20)19-8-6-5-7-18(19)29)14(2)15(3)32(23)13-21(34)30-17-11-9-16(10-12-17)25(26,27)28/h5-12H,4,13,29H2,1-3H3,(H,30,34). The molecule has 0 aliphatic carbocycles. The van der Waals surface area contributed by atoms with E-state index in [2.05, 4.69) is 5.32 Å². The van der Waals surface area contributed by atoms with Gasteiger partial charge in [0.05, 0.1) is 22.3 Å². The molecular formula is C25H24F3N5O2. The van der Waals surface area contributed by atoms with Crippen molar-refractivity contribution in [1.82, 2.24) is 14.1 Å². The Hall–Kier alpha value is -4.08. The van der Waals surface area contributed by atoms with Crippen LogP contribution in [0.15, 0.2) is 53.3 Å². The minimum Gasteiger partial charge on any atom is -0.397 e. The first-order chi connectivity index (χ1) is 16.5. The number of halogens is 3. The van der Waals surface area contributed by atoms with Gasteiger partial charge in [0, 0.05) is 17.8 Å². The van der Waals surface area contributed by atoms with Gasteiger partial charge in [-0.3, -0.25) is 14.2 Å². The van der Waals surface area contributed by atoms with Gasteiger partial charge in [-0.25, -0.2) is 4.98 Å². The number of amides is 1. The molecule has 0 saturated heterocycles. The fraction of sp³-hybridized carbons (Fsp3) is 0.240. The van der Waals surface area contributed by atoms with Gasteiger partial charge in [0.1, 0.15) is 18.0 Å². The summed E-state index contributed by atoms with van der Waals surface area (Å²) < 4.78 is 41.5. The Morgan fingerprint density at radius 2 is 1.74 bits per heavy atom. The maximum absolute atomic E-state index is 13.6. The molecule has 0 radical (unpaired) electrons. The molecule has 0 aliphatic heterocycles. The van der Waals surface area contributed by atoms with Gasteiger partial charge in [-0.1, -0.05) is 19.1 Å². The molecular weight excluding hydrogens is 459 g/mol. The van der Waals surface area contributed by atoms with Gasteiger partial charge in [-0.2, -0.15) is 13.2 Å². The van der Waals surface area contributed by atoms with Gasteiger partial charge in [-0.05, 0) is 55.8 Å². The summed E-state index contributed by atoms with van der Waals surface area (Å²) >= 11 is 0. The highest BCUT2D eigenvalue weighted by Crippen LogP contribution is 2.30. The molecule has 182 valence electrons. The highest BCUT2D eigenvalue weighted by atomic mass is 19.4. The zero-order valence-corrected chi connectivity index (χ0v) is 19.4. The number of nitrogens with zero attached hydrogens (tertiary/aromatic N) is 3. The molecule has 35 heavy (non-hydrogen) atoms. The van der Waals surface area contributed by atoms with Crippen molar-refractivity contribution in [3.8, 4) is 5.69 Å². The SMILES string of the molecule is CCc1nc2c(c(C)c(C)n2CC(=O)Nc2ccc(C(F)(F)F)cc2)c(=O)n1-c1ccccc1N. The van der Waals surface area contributed by atoms with Crippen LogP contribution in [0.1, 0.15) is 29.6 Å². The third kappa shape index (κ3) is 4.39. The van der Waals surface area contributed by atoms with E-state index in [0.717, 1.165) is 12.1 Å². The van der Waals surface area contributed by atoms with E-state index in [9.17, 15) is 22.8 Å². The summed E-state index contributed by atoms with van der Waals surface area (Å²) in [6, 6.07) is 11.2. The minimum atomic E-state index is -4.46. The molecule has 0 bridgehead atoms. The zero-order valence-electron chi connectivity index (χ0n) is 19.4. The number of alkyl halides is 3. The van der Waals surface area contributed by atoms with E-state index in [4.69, 9.17) is 10.7 Å². The van der Waals surface area contributed by atoms with E-state index >= 15 is 0 Å². The lowest BCUT2D eigenvalue weighted by molar-refractivity contribution is -0.137. The lowest BCUT2D eigenvalue weighted by Gasteiger charge is -2.14. The second kappa shape index (κ2) is 8.94. The number of carbonyl (C=O) groups is 1. The molecule has 4 aromatic rings. The minimum absolute atomic E-state index is 0.162. The highest BCUT2D eigenvalue weighted by molar-refractivity contribution is 5.92. The molecule has 0 saturated carbocycles. The van der Waals surface area contributed by atoms with Crippen molar-refractivity contribution in [2.75, 3.05) is 11.1 Å². The first kappa shape index (κ1) is 24.1. The Bertz CT molecular complexity index is 1480. The summed E-state index contributed by atoms with van der Waals surface area (Å²) in [6.45, 7) is 5.28. The quantitative estimate of drug-likeness (QED) is 0.406. The van der Waals surface area contributed by atoms with Crippen molar-refractivity contribution in [2.24, 2.45) is 0 Å². The van der Waals surface area contributed by atoms with Crippen molar-refractivity contribution in [3.05, 3.63) is 81.5 Å². The van der Waals surface area contributed by atoms with E-state index in [1.807, 2.05) is 6.92 Å². The molecule has 1 amide bonds. The maximum Gasteiger partial charge on any atom is 0.416 e. The van der Waals surface area contributed by atoms with Crippen molar-refractivity contribution >= 4 is 28.3 Å². The third-order valence-corrected chi connectivity index (χ3v) is 6.00. The second-order valence-electron chi connectivity index (χ2n) is 8.20. The molecule has 0 fully saturated rings. The van der Waals surface area contributed by atoms with Crippen LogP contribution in [0.3, 0.4) is 0 Å². The Morgan fingerprint density at radius 1 is 1.09 bits per heavy atom. The summed E-state index contributed by atoms with van der Waals surface area (Å²) in [6.07, 6.45) is -4.01. The predicted octanol–water partition coefficient (Wildman–Crippen LogP) is 4.61. The van der Waals surface area contributed by atoms with Gasteiger partial charge < -0.3 is 15.6 Å². The average Bonchev–Trinajstić information content (AvgIpc) is 3.04. The van der Waals surface area contributed by atoms with Crippen molar-refractivity contribution in [2.45, 2.75) is 39.9 Å². The molecule has 0 spiro atoms. The van der Waals surface area contributed by atoms with Crippen LogP contribution in [0, 0.1) is 13.8 Å². The normalized spacial score (nSPS) is 11.7. The number of nitrogens with two attached hydrogens (primary N) is 1. The van der Waals surface area contributed by atoms with E-state index in [0.29, 0.717) is 45.9 Å². The molecule has 2 aromatic heterocycles. The van der Waals surface area contributed by atoms with E-state index < -0.39 is 17.6 Å². The van der Waals surface area contributed by atoms with Crippen LogP contribution >= 0.6 is 0 Å². The first-order valence-electron chi connectivity index (χ1n) is 11.0. The number of benzene rings is 2. The van der Waals surface area contributed by atoms with Gasteiger partial charge >= 0.3 is 6.18 Å². The predicted molar refractivity (Wildman–Crippen MR) is 129 cm³/mol. The van der Waals surface area contributed by atoms with Crippen molar-refractivity contribution < 1.29 is 18.0 Å². The number of carbonyl (C=O) groups excluding carboxylic acids is 1. The summed E-state index contributed by atoms with van der Waals surface area (Å²) in [5, 5.41) is 2.98. The molecule has 0 atom stereocenters. The number of nitrogens with one attached hydrogen (secondary N) is 1. The average molecular weight is 483 g/mol. The van der Waals surface area contributed by atoms with Gasteiger partial charge in [0.2, 0.25) is 5.91 Å². The van der Waals surface area contributed by atoms with E-state index in [1.165, 1.54) is 16.7 Å². The van der Waals surface area contributed by atoms with Crippen LogP contribution < -0.4 is 16.6 Å². The summed E-state index contributed by atoms with van der Waals surface area (Å²) in [5.41, 5.74) is 7.99. The lowest BCUT2D eigenvalue weighted by atomic mass is 10.2. The Kier molecular flexibility index (Phi) is 6.14. The zero-order chi connectivity index (χ0) is 25.5. The molecule has 7 nitrogen and oxygen atoms in total. The lowest BCUT2D eigenvalue weighted by Crippen LogP contribution is -2.25. The number of hydrogen-bond acceptors (Lipinski definition) is 4. The summed E-state index contributed by atoms with van der Waals surface area (Å²) in [5.74, 6) is 0.0309. The number of nitrogen functional groups attached to an aromatic ring is 1. The molecule has 0 unspecified atom stereocenters. The number of para-hydroxylation sites is 2. The first-order valence-corrected chi connectivity index (χ1v) is 11.0. The largest absolute Gasteiger partial charge is 0.416 e. The van der Waals surface area contributed by atoms with Crippen LogP contribution in [0.25, 0.3) is 16.7 Å². The van der Waals surface area contributed by atoms with Crippen molar-refractivity contribution in [3.63, 3.8) is 0 Å². The molecule has 2 heterocycles.